The van der Waals surface area contributed by atoms with Crippen LogP contribution in [0.2, 0.25) is 0 Å². The van der Waals surface area contributed by atoms with Gasteiger partial charge in [0.05, 0.1) is 18.8 Å². The van der Waals surface area contributed by atoms with Gasteiger partial charge in [-0.2, -0.15) is 5.10 Å². The number of hydrogen-bond acceptors (Lipinski definition) is 4. The third kappa shape index (κ3) is 4.36. The number of nitrogens with one attached hydrogen (secondary N) is 1. The summed E-state index contributed by atoms with van der Waals surface area (Å²) in [6, 6.07) is 7.35. The van der Waals surface area contributed by atoms with Crippen molar-refractivity contribution in [1.29, 1.82) is 0 Å². The molecule has 0 unspecified atom stereocenters. The van der Waals surface area contributed by atoms with Gasteiger partial charge in [-0.3, -0.25) is 14.4 Å². The molecule has 2 heterocycles. The molecule has 7 heteroatoms. The molecule has 1 aromatic heterocycles. The molecule has 134 valence electrons. The molecule has 25 heavy (non-hydrogen) atoms. The molecule has 1 amide bonds. The summed E-state index contributed by atoms with van der Waals surface area (Å²) in [5, 5.41) is 6.97. The summed E-state index contributed by atoms with van der Waals surface area (Å²) in [5.41, 5.74) is 2.04. The maximum atomic E-state index is 13.3. The maximum Gasteiger partial charge on any atom is 0.237 e. The van der Waals surface area contributed by atoms with Gasteiger partial charge in [-0.1, -0.05) is 12.1 Å². The summed E-state index contributed by atoms with van der Waals surface area (Å²) >= 11 is 0. The Kier molecular flexibility index (Phi) is 5.33. The Morgan fingerprint density at radius 1 is 1.40 bits per heavy atom. The number of carbonyl (C=O) groups excluding carboxylic acids is 1. The van der Waals surface area contributed by atoms with Crippen LogP contribution >= 0.6 is 0 Å². The number of alkyl halides is 1. The van der Waals surface area contributed by atoms with Crippen LogP contribution in [0.1, 0.15) is 6.42 Å². The quantitative estimate of drug-likeness (QED) is 0.808. The number of rotatable bonds is 6. The third-order valence-corrected chi connectivity index (χ3v) is 4.34. The Morgan fingerprint density at radius 3 is 2.92 bits per heavy atom. The SMILES string of the molecule is CN1C[C@@H](F)C[C@H]1C(=O)NCCOc1cccc(-c2cnn(C)c2)c1. The topological polar surface area (TPSA) is 59.4 Å². The Bertz CT molecular complexity index is 733. The van der Waals surface area contributed by atoms with Gasteiger partial charge in [-0.15, -0.1) is 0 Å². The molecule has 0 bridgehead atoms. The van der Waals surface area contributed by atoms with E-state index in [0.717, 1.165) is 16.9 Å². The van der Waals surface area contributed by atoms with Crippen molar-refractivity contribution in [2.75, 3.05) is 26.7 Å². The minimum Gasteiger partial charge on any atom is -0.492 e. The molecule has 0 spiro atoms. The van der Waals surface area contributed by atoms with Gasteiger partial charge in [0, 0.05) is 31.8 Å². The molecule has 1 aliphatic heterocycles. The smallest absolute Gasteiger partial charge is 0.237 e. The average molecular weight is 346 g/mol. The minimum absolute atomic E-state index is 0.143. The summed E-state index contributed by atoms with van der Waals surface area (Å²) in [4.78, 5) is 13.8. The van der Waals surface area contributed by atoms with Crippen LogP contribution in [0.15, 0.2) is 36.7 Å². The highest BCUT2D eigenvalue weighted by Gasteiger charge is 2.34. The predicted octanol–water partition coefficient (Wildman–Crippen LogP) is 1.62. The molecule has 3 rings (SSSR count). The first-order valence-electron chi connectivity index (χ1n) is 8.37. The Balaban J connectivity index is 1.47. The van der Waals surface area contributed by atoms with Crippen LogP contribution in [0.3, 0.4) is 0 Å². The zero-order valence-corrected chi connectivity index (χ0v) is 14.5. The van der Waals surface area contributed by atoms with Gasteiger partial charge in [0.2, 0.25) is 5.91 Å². The van der Waals surface area contributed by atoms with Gasteiger partial charge >= 0.3 is 0 Å². The van der Waals surface area contributed by atoms with E-state index in [-0.39, 0.29) is 18.4 Å². The monoisotopic (exact) mass is 346 g/mol. The third-order valence-electron chi connectivity index (χ3n) is 4.34. The molecule has 1 fully saturated rings. The first-order valence-corrected chi connectivity index (χ1v) is 8.37. The molecular formula is C18H23FN4O2. The van der Waals surface area contributed by atoms with E-state index >= 15 is 0 Å². The second kappa shape index (κ2) is 7.65. The molecule has 0 saturated carbocycles. The Morgan fingerprint density at radius 2 is 2.24 bits per heavy atom. The highest BCUT2D eigenvalue weighted by molar-refractivity contribution is 5.82. The average Bonchev–Trinajstić information content (AvgIpc) is 3.17. The lowest BCUT2D eigenvalue weighted by atomic mass is 10.1. The summed E-state index contributed by atoms with van der Waals surface area (Å²) in [6.07, 6.45) is 3.08. The van der Waals surface area contributed by atoms with Crippen molar-refractivity contribution < 1.29 is 13.9 Å². The molecule has 6 nitrogen and oxygen atoms in total. The molecular weight excluding hydrogens is 323 g/mol. The summed E-state index contributed by atoms with van der Waals surface area (Å²) in [7, 11) is 3.64. The van der Waals surface area contributed by atoms with Crippen molar-refractivity contribution in [3.8, 4) is 16.9 Å². The van der Waals surface area contributed by atoms with Crippen molar-refractivity contribution >= 4 is 5.91 Å². The minimum atomic E-state index is -0.924. The van der Waals surface area contributed by atoms with E-state index in [0.29, 0.717) is 19.7 Å². The first-order chi connectivity index (χ1) is 12.0. The Labute approximate surface area is 146 Å². The number of likely N-dealkylation sites (tertiary alicyclic amines) is 1. The predicted molar refractivity (Wildman–Crippen MR) is 93.1 cm³/mol. The Hall–Kier alpha value is -2.41. The molecule has 2 atom stereocenters. The van der Waals surface area contributed by atoms with E-state index in [9.17, 15) is 9.18 Å². The number of halogens is 1. The number of aromatic nitrogens is 2. The van der Waals surface area contributed by atoms with Crippen LogP contribution in [-0.2, 0) is 11.8 Å². The zero-order valence-electron chi connectivity index (χ0n) is 14.5. The normalized spacial score (nSPS) is 20.6. The largest absolute Gasteiger partial charge is 0.492 e. The van der Waals surface area contributed by atoms with Gasteiger partial charge in [0.25, 0.3) is 0 Å². The van der Waals surface area contributed by atoms with Crippen molar-refractivity contribution in [2.24, 2.45) is 7.05 Å². The van der Waals surface area contributed by atoms with E-state index in [2.05, 4.69) is 10.4 Å². The number of carbonyl (C=O) groups is 1. The maximum absolute atomic E-state index is 13.3. The van der Waals surface area contributed by atoms with Gasteiger partial charge in [0.15, 0.2) is 0 Å². The highest BCUT2D eigenvalue weighted by Crippen LogP contribution is 2.23. The number of likely N-dealkylation sites (N-methyl/N-ethyl adjacent to an activating group) is 1. The van der Waals surface area contributed by atoms with Gasteiger partial charge in [-0.25, -0.2) is 4.39 Å². The van der Waals surface area contributed by atoms with Crippen LogP contribution < -0.4 is 10.1 Å². The lowest BCUT2D eigenvalue weighted by Crippen LogP contribution is -2.42. The molecule has 2 aromatic rings. The number of aryl methyl sites for hydroxylation is 1. The van der Waals surface area contributed by atoms with Crippen molar-refractivity contribution in [1.82, 2.24) is 20.0 Å². The number of ether oxygens (including phenoxy) is 1. The molecule has 0 radical (unpaired) electrons. The van der Waals surface area contributed by atoms with Crippen LogP contribution in [0.5, 0.6) is 5.75 Å². The van der Waals surface area contributed by atoms with Crippen molar-refractivity contribution in [3.63, 3.8) is 0 Å². The summed E-state index contributed by atoms with van der Waals surface area (Å²) < 4.78 is 20.8. The lowest BCUT2D eigenvalue weighted by Gasteiger charge is -2.18. The van der Waals surface area contributed by atoms with E-state index < -0.39 is 6.17 Å². The molecule has 1 aliphatic rings. The molecule has 0 aliphatic carbocycles. The second-order valence-electron chi connectivity index (χ2n) is 6.36. The fourth-order valence-corrected chi connectivity index (χ4v) is 3.04. The first kappa shape index (κ1) is 17.4. The number of amides is 1. The van der Waals surface area contributed by atoms with Gasteiger partial charge in [0.1, 0.15) is 18.5 Å². The van der Waals surface area contributed by atoms with Gasteiger partial charge in [-0.05, 0) is 24.7 Å². The lowest BCUT2D eigenvalue weighted by molar-refractivity contribution is -0.125. The van der Waals surface area contributed by atoms with E-state index in [4.69, 9.17) is 4.74 Å². The van der Waals surface area contributed by atoms with Crippen LogP contribution in [0.25, 0.3) is 11.1 Å². The van der Waals surface area contributed by atoms with E-state index in [1.165, 1.54) is 0 Å². The standard InChI is InChI=1S/C18H23FN4O2/c1-22-12-15(19)9-17(22)18(24)20-6-7-25-16-5-3-4-13(8-16)14-10-21-23(2)11-14/h3-5,8,10-11,15,17H,6-7,9,12H2,1-2H3,(H,20,24)/t15-,17-/m0/s1. The fourth-order valence-electron chi connectivity index (χ4n) is 3.04. The fraction of sp³-hybridized carbons (Fsp3) is 0.444. The summed E-state index contributed by atoms with van der Waals surface area (Å²) in [5.74, 6) is 0.591. The number of benzene rings is 1. The molecule has 1 N–H and O–H groups in total. The zero-order chi connectivity index (χ0) is 17.8. The van der Waals surface area contributed by atoms with Gasteiger partial charge < -0.3 is 10.1 Å². The van der Waals surface area contributed by atoms with Crippen molar-refractivity contribution in [3.05, 3.63) is 36.7 Å². The number of hydrogen-bond donors (Lipinski definition) is 1. The summed E-state index contributed by atoms with van der Waals surface area (Å²) in [6.45, 7) is 1.06. The van der Waals surface area contributed by atoms with Crippen LogP contribution in [-0.4, -0.2) is 59.5 Å². The van der Waals surface area contributed by atoms with Crippen molar-refractivity contribution in [2.45, 2.75) is 18.6 Å². The second-order valence-corrected chi connectivity index (χ2v) is 6.36. The van der Waals surface area contributed by atoms with Crippen LogP contribution in [0.4, 0.5) is 4.39 Å². The molecule has 1 saturated heterocycles. The van der Waals surface area contributed by atoms with Crippen LogP contribution in [0, 0.1) is 0 Å². The highest BCUT2D eigenvalue weighted by atomic mass is 19.1. The number of nitrogens with zero attached hydrogens (tertiary/aromatic N) is 3. The molecule has 1 aromatic carbocycles. The van der Waals surface area contributed by atoms with E-state index in [1.807, 2.05) is 37.5 Å². The van der Waals surface area contributed by atoms with E-state index in [1.54, 1.807) is 22.8 Å².